The second kappa shape index (κ2) is 9.12. The van der Waals surface area contributed by atoms with Gasteiger partial charge in [0.2, 0.25) is 0 Å². The number of carbonyl (C=O) groups is 1. The molecule has 0 spiro atoms. The molecule has 0 saturated carbocycles. The highest BCUT2D eigenvalue weighted by atomic mass is 16.1. The lowest BCUT2D eigenvalue weighted by atomic mass is 9.88. The molecule has 32 heavy (non-hydrogen) atoms. The molecule has 2 aliphatic rings. The summed E-state index contributed by atoms with van der Waals surface area (Å²) in [5, 5.41) is 6.50. The molecule has 2 saturated heterocycles. The van der Waals surface area contributed by atoms with Gasteiger partial charge in [0.15, 0.2) is 0 Å². The maximum atomic E-state index is 13.0. The van der Waals surface area contributed by atoms with E-state index in [4.69, 9.17) is 0 Å². The summed E-state index contributed by atoms with van der Waals surface area (Å²) in [4.78, 5) is 22.7. The number of hydrogen-bond acceptors (Lipinski definition) is 5. The molecule has 2 fully saturated rings. The quantitative estimate of drug-likeness (QED) is 0.618. The fourth-order valence-electron chi connectivity index (χ4n) is 5.30. The van der Waals surface area contributed by atoms with Gasteiger partial charge in [-0.2, -0.15) is 5.10 Å². The van der Waals surface area contributed by atoms with Crippen molar-refractivity contribution < 1.29 is 4.79 Å². The number of piperidine rings is 2. The molecule has 5 rings (SSSR count). The Kier molecular flexibility index (Phi) is 6.07. The number of nitrogens with zero attached hydrogens (tertiary/aromatic N) is 5. The Hall–Kier alpha value is -2.57. The summed E-state index contributed by atoms with van der Waals surface area (Å²) in [6.07, 6.45) is 10.7. The van der Waals surface area contributed by atoms with Crippen LogP contribution >= 0.6 is 0 Å². The van der Waals surface area contributed by atoms with Crippen molar-refractivity contribution in [3.05, 3.63) is 48.5 Å². The predicted octanol–water partition coefficient (Wildman–Crippen LogP) is 3.55. The van der Waals surface area contributed by atoms with Crippen LogP contribution in [0.3, 0.4) is 0 Å². The van der Waals surface area contributed by atoms with E-state index in [-0.39, 0.29) is 5.92 Å². The van der Waals surface area contributed by atoms with E-state index in [1.165, 1.54) is 25.9 Å². The van der Waals surface area contributed by atoms with Gasteiger partial charge in [-0.3, -0.25) is 14.5 Å². The van der Waals surface area contributed by atoms with Crippen molar-refractivity contribution in [2.75, 3.05) is 33.2 Å². The molecule has 0 aliphatic carbocycles. The third-order valence-corrected chi connectivity index (χ3v) is 7.36. The number of benzene rings is 1. The topological polar surface area (TPSA) is 54.3 Å². The zero-order chi connectivity index (χ0) is 22.1. The molecule has 0 atom stereocenters. The average molecular weight is 432 g/mol. The van der Waals surface area contributed by atoms with Crippen LogP contribution in [0.1, 0.15) is 31.4 Å². The Morgan fingerprint density at radius 3 is 2.44 bits per heavy atom. The summed E-state index contributed by atoms with van der Waals surface area (Å²) in [6, 6.07) is 9.15. The number of Topliss-reactive ketones (excluding diaryl/α,β-unsaturated/α-hetero) is 1. The zero-order valence-electron chi connectivity index (χ0n) is 19.2. The molecule has 6 nitrogen and oxygen atoms in total. The number of pyridine rings is 1. The van der Waals surface area contributed by atoms with Crippen LogP contribution in [0.2, 0.25) is 0 Å². The number of aryl methyl sites for hydroxylation is 1. The van der Waals surface area contributed by atoms with Crippen LogP contribution < -0.4 is 0 Å². The van der Waals surface area contributed by atoms with Gasteiger partial charge in [-0.05, 0) is 82.0 Å². The second-order valence-corrected chi connectivity index (χ2v) is 9.63. The lowest BCUT2D eigenvalue weighted by molar-refractivity contribution is -0.124. The Morgan fingerprint density at radius 1 is 0.938 bits per heavy atom. The van der Waals surface area contributed by atoms with Gasteiger partial charge in [0, 0.05) is 54.5 Å². The van der Waals surface area contributed by atoms with E-state index in [1.54, 1.807) is 0 Å². The maximum Gasteiger partial charge on any atom is 0.142 e. The second-order valence-electron chi connectivity index (χ2n) is 9.63. The third kappa shape index (κ3) is 4.62. The standard InChI is InChI=1S/C26H33N5O/c1-29-9-7-25(8-10-29)31-11-5-19(6-12-31)26(32)15-24-14-22-13-20(3-4-21(22)16-27-24)23-17-28-30(2)18-23/h3-4,13-14,16-19,25H,5-12,15H2,1-2H3. The Bertz CT molecular complexity index is 1090. The zero-order valence-corrected chi connectivity index (χ0v) is 19.2. The van der Waals surface area contributed by atoms with E-state index in [0.29, 0.717) is 18.2 Å². The molecule has 0 bridgehead atoms. The van der Waals surface area contributed by atoms with Crippen molar-refractivity contribution in [2.24, 2.45) is 13.0 Å². The number of carbonyl (C=O) groups excluding carboxylic acids is 1. The van der Waals surface area contributed by atoms with E-state index in [9.17, 15) is 4.79 Å². The molecular weight excluding hydrogens is 398 g/mol. The lowest BCUT2D eigenvalue weighted by Gasteiger charge is -2.40. The predicted molar refractivity (Wildman–Crippen MR) is 127 cm³/mol. The minimum absolute atomic E-state index is 0.178. The molecule has 1 aromatic carbocycles. The van der Waals surface area contributed by atoms with E-state index in [2.05, 4.69) is 51.2 Å². The molecule has 2 aromatic heterocycles. The minimum atomic E-state index is 0.178. The summed E-state index contributed by atoms with van der Waals surface area (Å²) in [5.74, 6) is 0.528. The van der Waals surface area contributed by atoms with Crippen LogP contribution in [0, 0.1) is 5.92 Å². The maximum absolute atomic E-state index is 13.0. The molecule has 6 heteroatoms. The molecular formula is C26H33N5O. The first-order chi connectivity index (χ1) is 15.5. The Balaban J connectivity index is 1.22. The van der Waals surface area contributed by atoms with Gasteiger partial charge in [0.05, 0.1) is 6.20 Å². The summed E-state index contributed by atoms with van der Waals surface area (Å²) in [6.45, 7) is 4.51. The number of likely N-dealkylation sites (tertiary alicyclic amines) is 2. The van der Waals surface area contributed by atoms with Crippen molar-refractivity contribution in [1.29, 1.82) is 0 Å². The first-order valence-corrected chi connectivity index (χ1v) is 11.9. The molecule has 168 valence electrons. The molecule has 3 aromatic rings. The number of ketones is 1. The largest absolute Gasteiger partial charge is 0.306 e. The Labute approximate surface area is 190 Å². The number of rotatable bonds is 5. The van der Waals surface area contributed by atoms with Crippen molar-refractivity contribution in [3.63, 3.8) is 0 Å². The summed E-state index contributed by atoms with van der Waals surface area (Å²) in [5.41, 5.74) is 3.11. The molecule has 0 radical (unpaired) electrons. The van der Waals surface area contributed by atoms with Crippen LogP contribution in [-0.4, -0.2) is 69.6 Å². The van der Waals surface area contributed by atoms with Crippen LogP contribution in [0.5, 0.6) is 0 Å². The van der Waals surface area contributed by atoms with Gasteiger partial charge < -0.3 is 9.80 Å². The van der Waals surface area contributed by atoms with Crippen molar-refractivity contribution >= 4 is 16.6 Å². The molecule has 0 unspecified atom stereocenters. The van der Waals surface area contributed by atoms with Crippen LogP contribution in [0.25, 0.3) is 21.9 Å². The molecule has 4 heterocycles. The van der Waals surface area contributed by atoms with E-state index < -0.39 is 0 Å². The van der Waals surface area contributed by atoms with Crippen molar-refractivity contribution in [3.8, 4) is 11.1 Å². The van der Waals surface area contributed by atoms with Gasteiger partial charge in [-0.1, -0.05) is 12.1 Å². The van der Waals surface area contributed by atoms with Gasteiger partial charge in [-0.25, -0.2) is 0 Å². The van der Waals surface area contributed by atoms with Crippen molar-refractivity contribution in [2.45, 2.75) is 38.1 Å². The first-order valence-electron chi connectivity index (χ1n) is 11.9. The highest BCUT2D eigenvalue weighted by Crippen LogP contribution is 2.27. The normalized spacial score (nSPS) is 19.6. The smallest absolute Gasteiger partial charge is 0.142 e. The molecule has 2 aliphatic heterocycles. The van der Waals surface area contributed by atoms with Gasteiger partial charge in [0.1, 0.15) is 5.78 Å². The fourth-order valence-corrected chi connectivity index (χ4v) is 5.30. The van der Waals surface area contributed by atoms with Gasteiger partial charge >= 0.3 is 0 Å². The van der Waals surface area contributed by atoms with Crippen LogP contribution in [0.15, 0.2) is 42.9 Å². The highest BCUT2D eigenvalue weighted by molar-refractivity contribution is 5.88. The van der Waals surface area contributed by atoms with Crippen molar-refractivity contribution in [1.82, 2.24) is 24.6 Å². The number of aromatic nitrogens is 3. The van der Waals surface area contributed by atoms with E-state index in [0.717, 1.165) is 53.5 Å². The average Bonchev–Trinajstić information content (AvgIpc) is 3.25. The van der Waals surface area contributed by atoms with E-state index in [1.807, 2.05) is 30.3 Å². The Morgan fingerprint density at radius 2 is 1.72 bits per heavy atom. The number of fused-ring (bicyclic) bond motifs is 1. The summed E-state index contributed by atoms with van der Waals surface area (Å²) in [7, 11) is 4.14. The minimum Gasteiger partial charge on any atom is -0.306 e. The molecule has 0 N–H and O–H groups in total. The highest BCUT2D eigenvalue weighted by Gasteiger charge is 2.30. The van der Waals surface area contributed by atoms with Crippen LogP contribution in [-0.2, 0) is 18.3 Å². The van der Waals surface area contributed by atoms with Gasteiger partial charge in [-0.15, -0.1) is 0 Å². The summed E-state index contributed by atoms with van der Waals surface area (Å²) >= 11 is 0. The number of hydrogen-bond donors (Lipinski definition) is 0. The first kappa shape index (κ1) is 21.3. The molecule has 0 amide bonds. The van der Waals surface area contributed by atoms with Gasteiger partial charge in [0.25, 0.3) is 0 Å². The fraction of sp³-hybridized carbons (Fsp3) is 0.500. The third-order valence-electron chi connectivity index (χ3n) is 7.36. The monoisotopic (exact) mass is 431 g/mol. The van der Waals surface area contributed by atoms with E-state index >= 15 is 0 Å². The van der Waals surface area contributed by atoms with Crippen LogP contribution in [0.4, 0.5) is 0 Å². The SMILES string of the molecule is CN1CCC(N2CCC(C(=O)Cc3cc4cc(-c5cnn(C)c5)ccc4cn3)CC2)CC1. The summed E-state index contributed by atoms with van der Waals surface area (Å²) < 4.78 is 1.81. The lowest BCUT2D eigenvalue weighted by Crippen LogP contribution is -2.47.